The lowest BCUT2D eigenvalue weighted by atomic mass is 9.79. The van der Waals surface area contributed by atoms with Crippen molar-refractivity contribution in [3.63, 3.8) is 0 Å². The highest BCUT2D eigenvalue weighted by Crippen LogP contribution is 2.38. The normalized spacial score (nSPS) is 18.0. The molecule has 0 aromatic heterocycles. The van der Waals surface area contributed by atoms with Crippen LogP contribution < -0.4 is 21.2 Å². The van der Waals surface area contributed by atoms with Gasteiger partial charge < -0.3 is 5.32 Å². The number of hydrogen-bond acceptors (Lipinski definition) is 2. The maximum Gasteiger partial charge on any atom is 0.223 e. The molecule has 1 aliphatic rings. The molecular formula is C46H58N2O2P. The van der Waals surface area contributed by atoms with Crippen molar-refractivity contribution in [2.45, 2.75) is 115 Å². The molecule has 3 unspecified atom stereocenters. The van der Waals surface area contributed by atoms with Crippen LogP contribution in [0.25, 0.3) is 0 Å². The van der Waals surface area contributed by atoms with Crippen molar-refractivity contribution in [2.24, 2.45) is 5.92 Å². The molecule has 0 aliphatic carbocycles. The van der Waals surface area contributed by atoms with Gasteiger partial charge in [0.05, 0.1) is 0 Å². The van der Waals surface area contributed by atoms with Gasteiger partial charge in [0.15, 0.2) is 0 Å². The molecule has 3 atom stereocenters. The quantitative estimate of drug-likeness (QED) is 0.0991. The number of carbonyl (C=O) groups is 1. The second-order valence-electron chi connectivity index (χ2n) is 15.8. The molecule has 5 rings (SSSR count). The van der Waals surface area contributed by atoms with E-state index >= 15 is 0 Å². The first kappa shape index (κ1) is 38.7. The number of benzene rings is 4. The summed E-state index contributed by atoms with van der Waals surface area (Å²) in [6.07, 6.45) is 10.8. The van der Waals surface area contributed by atoms with Crippen LogP contribution in [0.15, 0.2) is 127 Å². The van der Waals surface area contributed by atoms with Gasteiger partial charge in [-0.05, 0) is 119 Å². The van der Waals surface area contributed by atoms with Crippen LogP contribution in [0, 0.1) is 5.92 Å². The number of nitrogens with one attached hydrogen (secondary N) is 1. The average Bonchev–Trinajstić information content (AvgIpc) is 3.13. The van der Waals surface area contributed by atoms with Gasteiger partial charge in [0.2, 0.25) is 5.91 Å². The van der Waals surface area contributed by atoms with E-state index in [0.717, 1.165) is 32.1 Å². The van der Waals surface area contributed by atoms with Gasteiger partial charge in [0.1, 0.15) is 0 Å². The molecule has 0 spiro atoms. The average molecular weight is 702 g/mol. The lowest BCUT2D eigenvalue weighted by Gasteiger charge is -2.50. The summed E-state index contributed by atoms with van der Waals surface area (Å²) in [6, 6.07) is 42.3. The van der Waals surface area contributed by atoms with Crippen molar-refractivity contribution in [1.29, 1.82) is 0 Å². The molecule has 1 heterocycles. The molecule has 0 saturated carbocycles. The van der Waals surface area contributed by atoms with Crippen molar-refractivity contribution in [2.75, 3.05) is 0 Å². The summed E-state index contributed by atoms with van der Waals surface area (Å²) in [6.45, 7) is 12.2. The fraction of sp³-hybridized carbons (Fsp3) is 0.413. The van der Waals surface area contributed by atoms with Crippen molar-refractivity contribution < 1.29 is 10.0 Å². The van der Waals surface area contributed by atoms with Crippen LogP contribution in [0.5, 0.6) is 0 Å². The third-order valence-electron chi connectivity index (χ3n) is 10.7. The van der Waals surface area contributed by atoms with E-state index in [1.165, 1.54) is 32.1 Å². The number of amides is 1. The maximum atomic E-state index is 13.1. The largest absolute Gasteiger partial charge is 0.353 e. The molecule has 269 valence electrons. The monoisotopic (exact) mass is 701 g/mol. The molecule has 4 aromatic rings. The van der Waals surface area contributed by atoms with Gasteiger partial charge in [-0.25, -0.2) is 0 Å². The summed E-state index contributed by atoms with van der Waals surface area (Å²) in [7, 11) is -0.617. The Morgan fingerprint density at radius 1 is 0.745 bits per heavy atom. The van der Waals surface area contributed by atoms with Crippen LogP contribution in [-0.4, -0.2) is 28.1 Å². The second-order valence-corrected chi connectivity index (χ2v) is 18.0. The molecule has 5 heteroatoms. The van der Waals surface area contributed by atoms with Gasteiger partial charge in [-0.15, -0.1) is 10.3 Å². The molecule has 1 saturated heterocycles. The highest BCUT2D eigenvalue weighted by atomic mass is 31.1. The summed E-state index contributed by atoms with van der Waals surface area (Å²) in [4.78, 5) is 13.1. The zero-order valence-corrected chi connectivity index (χ0v) is 32.5. The lowest BCUT2D eigenvalue weighted by Crippen LogP contribution is -2.62. The van der Waals surface area contributed by atoms with E-state index < -0.39 is 19.0 Å². The minimum absolute atomic E-state index is 0.0233. The van der Waals surface area contributed by atoms with E-state index in [-0.39, 0.29) is 17.9 Å². The maximum absolute atomic E-state index is 13.1. The second kappa shape index (κ2) is 17.8. The smallest absolute Gasteiger partial charge is 0.223 e. The molecule has 4 aromatic carbocycles. The van der Waals surface area contributed by atoms with Gasteiger partial charge in [0.25, 0.3) is 0 Å². The van der Waals surface area contributed by atoms with E-state index in [4.69, 9.17) is 0 Å². The number of hydroxylamine groups is 2. The fourth-order valence-electron chi connectivity index (χ4n) is 8.04. The minimum atomic E-state index is -0.617. The van der Waals surface area contributed by atoms with Gasteiger partial charge in [-0.2, -0.15) is 0 Å². The van der Waals surface area contributed by atoms with Crippen LogP contribution >= 0.6 is 7.92 Å². The Morgan fingerprint density at radius 2 is 1.24 bits per heavy atom. The van der Waals surface area contributed by atoms with Crippen molar-refractivity contribution in [3.8, 4) is 0 Å². The number of nitrogens with zero attached hydrogens (tertiary/aromatic N) is 1. The van der Waals surface area contributed by atoms with Crippen LogP contribution in [0.3, 0.4) is 0 Å². The number of rotatable bonds is 15. The third-order valence-corrected chi connectivity index (χ3v) is 13.2. The topological polar surface area (TPSA) is 52.2 Å². The molecular weight excluding hydrogens is 643 g/mol. The zero-order chi connectivity index (χ0) is 36.4. The molecule has 0 bridgehead atoms. The Kier molecular flexibility index (Phi) is 13.5. The summed E-state index contributed by atoms with van der Waals surface area (Å²) in [5.74, 6) is 0.897. The number of hydrogen-bond donors (Lipinski definition) is 1. The van der Waals surface area contributed by atoms with E-state index in [9.17, 15) is 10.0 Å². The van der Waals surface area contributed by atoms with Gasteiger partial charge in [-0.1, -0.05) is 141 Å². The SMILES string of the molecule is CCC(CC(C/C=C/CCC(C)C(=O)NC1CC(C)(C)N([O])C(C)(C)C1)c1ccccc1)c1ccc(P(c2ccccc2)c2ccccc2)cc1. The predicted octanol–water partition coefficient (Wildman–Crippen LogP) is 9.96. The standard InChI is InChI=1S/C46H58N2O2P/c1-7-36(38-28-30-43(31-29-38)51(41-24-16-10-17-25-41)42-26-18-11-19-27-42)32-39(37-21-13-9-14-22-37)23-15-8-12-20-35(2)44(49)47-40-33-45(3,4)48(50)46(5,6)34-40/h8-11,13-19,21-22,24-31,35-36,39-40H,7,12,20,23,32-34H2,1-6H3,(H,47,49)/b15-8+. The van der Waals surface area contributed by atoms with Crippen LogP contribution in [0.4, 0.5) is 0 Å². The number of allylic oxidation sites excluding steroid dienone is 2. The first-order valence-electron chi connectivity index (χ1n) is 19.0. The predicted molar refractivity (Wildman–Crippen MR) is 216 cm³/mol. The summed E-state index contributed by atoms with van der Waals surface area (Å²) in [5.41, 5.74) is 1.82. The van der Waals surface area contributed by atoms with Crippen LogP contribution in [0.2, 0.25) is 0 Å². The van der Waals surface area contributed by atoms with E-state index in [1.807, 2.05) is 34.6 Å². The Hall–Kier alpha value is -3.56. The fourth-order valence-corrected chi connectivity index (χ4v) is 10.3. The Morgan fingerprint density at radius 3 is 1.76 bits per heavy atom. The highest BCUT2D eigenvalue weighted by molar-refractivity contribution is 7.79. The molecule has 51 heavy (non-hydrogen) atoms. The van der Waals surface area contributed by atoms with Gasteiger partial charge in [0, 0.05) is 23.0 Å². The van der Waals surface area contributed by atoms with Gasteiger partial charge >= 0.3 is 0 Å². The molecule has 1 fully saturated rings. The molecule has 1 radical (unpaired) electrons. The Labute approximate surface area is 309 Å². The summed E-state index contributed by atoms with van der Waals surface area (Å²) >= 11 is 0. The third kappa shape index (κ3) is 10.3. The summed E-state index contributed by atoms with van der Waals surface area (Å²) in [5, 5.41) is 21.4. The summed E-state index contributed by atoms with van der Waals surface area (Å²) < 4.78 is 0. The number of carbonyl (C=O) groups excluding carboxylic acids is 1. The molecule has 4 nitrogen and oxygen atoms in total. The van der Waals surface area contributed by atoms with Gasteiger partial charge in [-0.3, -0.25) is 4.79 Å². The van der Waals surface area contributed by atoms with Crippen molar-refractivity contribution in [3.05, 3.63) is 139 Å². The van der Waals surface area contributed by atoms with E-state index in [1.54, 1.807) is 0 Å². The molecule has 1 aliphatic heterocycles. The lowest BCUT2D eigenvalue weighted by molar-refractivity contribution is -0.290. The van der Waals surface area contributed by atoms with Crippen LogP contribution in [-0.2, 0) is 10.0 Å². The molecule has 1 amide bonds. The first-order valence-corrected chi connectivity index (χ1v) is 20.3. The van der Waals surface area contributed by atoms with Crippen molar-refractivity contribution in [1.82, 2.24) is 10.4 Å². The zero-order valence-electron chi connectivity index (χ0n) is 31.6. The number of piperidine rings is 1. The van der Waals surface area contributed by atoms with Crippen molar-refractivity contribution >= 4 is 29.7 Å². The minimum Gasteiger partial charge on any atom is -0.353 e. The molecule has 1 N–H and O–H groups in total. The Balaban J connectivity index is 1.20. The van der Waals surface area contributed by atoms with E-state index in [0.29, 0.717) is 24.7 Å². The first-order chi connectivity index (χ1) is 24.5. The van der Waals surface area contributed by atoms with Crippen LogP contribution in [0.1, 0.15) is 109 Å². The highest BCUT2D eigenvalue weighted by Gasteiger charge is 2.46. The Bertz CT molecular complexity index is 1610. The van der Waals surface area contributed by atoms with E-state index in [2.05, 4.69) is 140 Å².